The molecule has 0 spiro atoms. The molecule has 0 radical (unpaired) electrons. The summed E-state index contributed by atoms with van der Waals surface area (Å²) in [7, 11) is 1.23. The largest absolute Gasteiger partial charge is 0.467 e. The van der Waals surface area contributed by atoms with Crippen molar-refractivity contribution in [2.75, 3.05) is 50.9 Å². The molecule has 3 N–H and O–H groups in total. The molecule has 290 valence electrons. The van der Waals surface area contributed by atoms with E-state index in [1.165, 1.54) is 20.0 Å². The third-order valence-corrected chi connectivity index (χ3v) is 10.7. The molecule has 2 unspecified atom stereocenters. The summed E-state index contributed by atoms with van der Waals surface area (Å²) < 4.78 is 90.2. The summed E-state index contributed by atoms with van der Waals surface area (Å²) in [6, 6.07) is 8.36. The van der Waals surface area contributed by atoms with Crippen molar-refractivity contribution in [3.05, 3.63) is 71.1 Å². The highest BCUT2D eigenvalue weighted by Gasteiger charge is 2.38. The number of likely N-dealkylation sites (tertiary alicyclic amines) is 1. The van der Waals surface area contributed by atoms with Crippen LogP contribution in [-0.2, 0) is 6.18 Å². The summed E-state index contributed by atoms with van der Waals surface area (Å²) in [6.07, 6.45) is 3.38. The Balaban J connectivity index is 0.000000187. The molecule has 3 aromatic heterocycles. The zero-order valence-electron chi connectivity index (χ0n) is 30.0. The second kappa shape index (κ2) is 16.7. The SMILES string of the molecule is CCNc1nc(OC)nc2c(F)c(-c3ccc(F)c4sc(N)c(C#N)c34)c(C(F)(F)F)cc12.FC1CC2CCCN2C1.O=C(c1cccnc1)N1CCCC1. The van der Waals surface area contributed by atoms with E-state index in [1.54, 1.807) is 31.5 Å². The van der Waals surface area contributed by atoms with Crippen LogP contribution in [0.5, 0.6) is 6.01 Å². The molecule has 3 aliphatic heterocycles. The van der Waals surface area contributed by atoms with Crippen molar-refractivity contribution in [3.63, 3.8) is 0 Å². The predicted octanol–water partition coefficient (Wildman–Crippen LogP) is 8.21. The van der Waals surface area contributed by atoms with Gasteiger partial charge in [-0.25, -0.2) is 13.2 Å². The lowest BCUT2D eigenvalue weighted by Crippen LogP contribution is -2.27. The Morgan fingerprint density at radius 1 is 1.15 bits per heavy atom. The second-order valence-electron chi connectivity index (χ2n) is 13.2. The van der Waals surface area contributed by atoms with Crippen LogP contribution in [-0.4, -0.2) is 82.7 Å². The monoisotopic (exact) mass is 784 g/mol. The van der Waals surface area contributed by atoms with Crippen LogP contribution in [0.3, 0.4) is 0 Å². The average Bonchev–Trinajstić information content (AvgIpc) is 3.98. The Hall–Kier alpha value is -5.21. The van der Waals surface area contributed by atoms with Crippen LogP contribution in [0, 0.1) is 23.0 Å². The summed E-state index contributed by atoms with van der Waals surface area (Å²) in [5.74, 6) is -2.04. The lowest BCUT2D eigenvalue weighted by molar-refractivity contribution is -0.137. The number of nitrogens with zero attached hydrogens (tertiary/aromatic N) is 6. The van der Waals surface area contributed by atoms with Crippen LogP contribution < -0.4 is 15.8 Å². The molecule has 2 atom stereocenters. The number of nitrogens with one attached hydrogen (secondary N) is 1. The zero-order chi connectivity index (χ0) is 39.4. The van der Waals surface area contributed by atoms with Gasteiger partial charge in [0.1, 0.15) is 34.4 Å². The highest BCUT2D eigenvalue weighted by atomic mass is 32.1. The first kappa shape index (κ1) is 39.5. The highest BCUT2D eigenvalue weighted by molar-refractivity contribution is 7.23. The first-order chi connectivity index (χ1) is 26.4. The lowest BCUT2D eigenvalue weighted by atomic mass is 9.92. The Kier molecular flexibility index (Phi) is 12.0. The van der Waals surface area contributed by atoms with Crippen molar-refractivity contribution in [2.45, 2.75) is 57.4 Å². The summed E-state index contributed by atoms with van der Waals surface area (Å²) >= 11 is 0.698. The van der Waals surface area contributed by atoms with E-state index in [0.717, 1.165) is 57.1 Å². The molecule has 3 aliphatic rings. The molecule has 2 aromatic carbocycles. The van der Waals surface area contributed by atoms with Gasteiger partial charge in [-0.05, 0) is 75.4 Å². The standard InChI is InChI=1S/C21H14F5N5OS.C10H12N2O.C7H12FN/c1-3-29-19-9-6-11(21(24,25)26)14(15(23)16(9)30-20(31-19)32-2)8-4-5-12(22)17-13(8)10(7-27)18(28)33-17;13-10(12-6-1-2-7-12)9-4-3-5-11-8-9;8-6-4-7-2-1-3-9(7)5-6/h4-6H,3,28H2,1-2H3,(H,29,30,31);3-5,8H,1-2,6-7H2;6-7H,1-5H2. The quantitative estimate of drug-likeness (QED) is 0.169. The number of fused-ring (bicyclic) bond motifs is 3. The van der Waals surface area contributed by atoms with Crippen LogP contribution in [0.25, 0.3) is 32.1 Å². The summed E-state index contributed by atoms with van der Waals surface area (Å²) in [5.41, 5.74) is 3.29. The molecule has 10 nitrogen and oxygen atoms in total. The van der Waals surface area contributed by atoms with Gasteiger partial charge < -0.3 is 20.7 Å². The van der Waals surface area contributed by atoms with E-state index >= 15 is 4.39 Å². The molecule has 6 heterocycles. The molecular formula is C38H38F6N8O2S. The van der Waals surface area contributed by atoms with Crippen LogP contribution in [0.2, 0.25) is 0 Å². The number of anilines is 2. The van der Waals surface area contributed by atoms with Gasteiger partial charge in [-0.3, -0.25) is 14.7 Å². The van der Waals surface area contributed by atoms with Gasteiger partial charge in [-0.1, -0.05) is 6.07 Å². The number of aromatic nitrogens is 3. The number of thiophene rings is 1. The molecule has 0 saturated carbocycles. The summed E-state index contributed by atoms with van der Waals surface area (Å²) in [6.45, 7) is 5.63. The van der Waals surface area contributed by atoms with E-state index in [0.29, 0.717) is 29.5 Å². The van der Waals surface area contributed by atoms with Gasteiger partial charge in [-0.15, -0.1) is 11.3 Å². The molecule has 55 heavy (non-hydrogen) atoms. The van der Waals surface area contributed by atoms with E-state index in [4.69, 9.17) is 10.5 Å². The Labute approximate surface area is 316 Å². The number of ether oxygens (including phenoxy) is 1. The Morgan fingerprint density at radius 2 is 1.91 bits per heavy atom. The fourth-order valence-electron chi connectivity index (χ4n) is 7.21. The number of hydrogen-bond donors (Lipinski definition) is 2. The molecule has 3 fully saturated rings. The van der Waals surface area contributed by atoms with Crippen molar-refractivity contribution in [1.82, 2.24) is 24.8 Å². The minimum atomic E-state index is -5.00. The predicted molar refractivity (Wildman–Crippen MR) is 199 cm³/mol. The molecule has 0 bridgehead atoms. The van der Waals surface area contributed by atoms with E-state index in [-0.39, 0.29) is 55.9 Å². The first-order valence-corrected chi connectivity index (χ1v) is 18.5. The van der Waals surface area contributed by atoms with E-state index in [2.05, 4.69) is 25.2 Å². The average molecular weight is 785 g/mol. The van der Waals surface area contributed by atoms with Gasteiger partial charge in [0.15, 0.2) is 5.82 Å². The number of benzene rings is 2. The van der Waals surface area contributed by atoms with Crippen molar-refractivity contribution in [2.24, 2.45) is 0 Å². The van der Waals surface area contributed by atoms with E-state index < -0.39 is 40.6 Å². The number of carbonyl (C=O) groups excluding carboxylic acids is 1. The van der Waals surface area contributed by atoms with Crippen LogP contribution in [0.4, 0.5) is 37.2 Å². The van der Waals surface area contributed by atoms with E-state index in [1.807, 2.05) is 11.0 Å². The lowest BCUT2D eigenvalue weighted by Gasteiger charge is -2.18. The Bertz CT molecular complexity index is 2210. The van der Waals surface area contributed by atoms with Crippen LogP contribution in [0.1, 0.15) is 60.5 Å². The van der Waals surface area contributed by atoms with Gasteiger partial charge in [-0.2, -0.15) is 28.4 Å². The van der Waals surface area contributed by atoms with Gasteiger partial charge in [0.25, 0.3) is 5.91 Å². The summed E-state index contributed by atoms with van der Waals surface area (Å²) in [4.78, 5) is 27.7. The van der Waals surface area contributed by atoms with Crippen LogP contribution in [0.15, 0.2) is 42.7 Å². The maximum absolute atomic E-state index is 15.9. The molecule has 1 amide bonds. The normalized spacial score (nSPS) is 18.0. The van der Waals surface area contributed by atoms with Crippen molar-refractivity contribution in [1.29, 1.82) is 5.26 Å². The molecule has 5 aromatic rings. The smallest absolute Gasteiger partial charge is 0.417 e. The fraction of sp³-hybridized carbons (Fsp3) is 0.395. The zero-order valence-corrected chi connectivity index (χ0v) is 30.8. The topological polar surface area (TPSA) is 133 Å². The third-order valence-electron chi connectivity index (χ3n) is 9.70. The maximum Gasteiger partial charge on any atom is 0.417 e. The van der Waals surface area contributed by atoms with Gasteiger partial charge >= 0.3 is 12.2 Å². The second-order valence-corrected chi connectivity index (χ2v) is 14.3. The van der Waals surface area contributed by atoms with Gasteiger partial charge in [0.2, 0.25) is 0 Å². The molecule has 3 saturated heterocycles. The number of hydrogen-bond acceptors (Lipinski definition) is 10. The fourth-order valence-corrected chi connectivity index (χ4v) is 8.16. The minimum Gasteiger partial charge on any atom is -0.467 e. The van der Waals surface area contributed by atoms with Crippen LogP contribution >= 0.6 is 11.3 Å². The number of carbonyl (C=O) groups is 1. The summed E-state index contributed by atoms with van der Waals surface area (Å²) in [5, 5.41) is 11.8. The number of rotatable bonds is 5. The van der Waals surface area contributed by atoms with Gasteiger partial charge in [0.05, 0.1) is 28.5 Å². The molecule has 0 aliphatic carbocycles. The molecule has 17 heteroatoms. The third kappa shape index (κ3) is 8.25. The number of halogens is 6. The number of pyridine rings is 1. The first-order valence-electron chi connectivity index (χ1n) is 17.7. The molecular weight excluding hydrogens is 747 g/mol. The number of nitrogens with two attached hydrogens (primary N) is 1. The van der Waals surface area contributed by atoms with Crippen molar-refractivity contribution >= 4 is 49.1 Å². The van der Waals surface area contributed by atoms with Crippen molar-refractivity contribution in [3.8, 4) is 23.2 Å². The number of amides is 1. The number of methoxy groups -OCH3 is 1. The minimum absolute atomic E-state index is 0.0444. The van der Waals surface area contributed by atoms with Crippen molar-refractivity contribution < 1.29 is 35.9 Å². The Morgan fingerprint density at radius 3 is 2.55 bits per heavy atom. The van der Waals surface area contributed by atoms with E-state index in [9.17, 15) is 32.0 Å². The number of nitriles is 1. The maximum atomic E-state index is 15.9. The number of nitrogen functional groups attached to an aromatic ring is 1. The highest BCUT2D eigenvalue weighted by Crippen LogP contribution is 2.47. The number of alkyl halides is 4. The van der Waals surface area contributed by atoms with Gasteiger partial charge in [0, 0.05) is 61.0 Å². The molecule has 8 rings (SSSR count).